The molecule has 0 radical (unpaired) electrons. The molecule has 2 aromatic heterocycles. The number of phenolic OH excluding ortho intramolecular Hbond substituents is 1. The molecule has 0 unspecified atom stereocenters. The molecule has 3 atom stereocenters. The number of rotatable bonds is 9. The number of carbonyl (C=O) groups excluding carboxylic acids is 3. The maximum atomic E-state index is 13.5. The van der Waals surface area contributed by atoms with Gasteiger partial charge in [-0.25, -0.2) is 9.48 Å². The van der Waals surface area contributed by atoms with E-state index in [1.807, 2.05) is 0 Å². The van der Waals surface area contributed by atoms with Crippen LogP contribution in [0.5, 0.6) is 5.75 Å². The number of aliphatic carboxylic acids is 1. The van der Waals surface area contributed by atoms with Gasteiger partial charge in [0.05, 0.1) is 0 Å². The Bertz CT molecular complexity index is 1670. The molecule has 0 spiro atoms. The van der Waals surface area contributed by atoms with Crippen molar-refractivity contribution >= 4 is 47.2 Å². The number of aromatic nitrogens is 5. The van der Waals surface area contributed by atoms with Crippen molar-refractivity contribution in [2.24, 2.45) is 7.05 Å². The van der Waals surface area contributed by atoms with Crippen molar-refractivity contribution in [1.29, 1.82) is 0 Å². The molecule has 0 bridgehead atoms. The van der Waals surface area contributed by atoms with Gasteiger partial charge in [0.2, 0.25) is 11.1 Å². The van der Waals surface area contributed by atoms with E-state index in [4.69, 9.17) is 0 Å². The molecule has 1 saturated heterocycles. The van der Waals surface area contributed by atoms with Crippen molar-refractivity contribution in [3.05, 3.63) is 74.8 Å². The van der Waals surface area contributed by atoms with Crippen LogP contribution in [0.15, 0.2) is 57.7 Å². The standard InChI is InChI=1S/C25H24N8O7S2/c1-11-7-16(35)15(8-26-11)20(36)27-17(12-3-5-14(34)6-4-12)21(37)28-18-22(38)33-19(24(39)40)13(9-41-23(18)33)10-42-25-29-30-31-32(25)2/h3-8,17-18,23,34H,9-10H2,1-2H3,(H,26,35)(H,27,36)(H,28,37)(H,39,40)/t17-,18-,23+/m0/s1. The summed E-state index contributed by atoms with van der Waals surface area (Å²) in [6.45, 7) is 1.65. The highest BCUT2D eigenvalue weighted by molar-refractivity contribution is 8.01. The van der Waals surface area contributed by atoms with Crippen LogP contribution in [0.3, 0.4) is 0 Å². The fourth-order valence-corrected chi connectivity index (χ4v) is 6.79. The molecule has 0 aliphatic carbocycles. The summed E-state index contributed by atoms with van der Waals surface area (Å²) in [6, 6.07) is 4.35. The second kappa shape index (κ2) is 11.7. The highest BCUT2D eigenvalue weighted by Gasteiger charge is 2.54. The number of aryl methyl sites for hydroxylation is 2. The van der Waals surface area contributed by atoms with Crippen LogP contribution in [0.4, 0.5) is 0 Å². The normalized spacial score (nSPS) is 18.6. The number of carbonyl (C=O) groups is 4. The van der Waals surface area contributed by atoms with Gasteiger partial charge in [0.25, 0.3) is 11.8 Å². The van der Waals surface area contributed by atoms with E-state index in [-0.39, 0.29) is 34.1 Å². The molecule has 17 heteroatoms. The number of benzene rings is 1. The number of H-pyrrole nitrogens is 1. The van der Waals surface area contributed by atoms with Crippen LogP contribution in [0.2, 0.25) is 0 Å². The maximum Gasteiger partial charge on any atom is 0.352 e. The number of amides is 3. The van der Waals surface area contributed by atoms with Crippen LogP contribution >= 0.6 is 23.5 Å². The summed E-state index contributed by atoms with van der Waals surface area (Å²) in [6.07, 6.45) is 1.24. The van der Waals surface area contributed by atoms with E-state index in [0.29, 0.717) is 16.4 Å². The van der Waals surface area contributed by atoms with Gasteiger partial charge in [-0.3, -0.25) is 24.1 Å². The number of phenols is 1. The lowest BCUT2D eigenvalue weighted by Crippen LogP contribution is -2.71. The summed E-state index contributed by atoms with van der Waals surface area (Å²) in [5, 5.41) is 35.8. The Kier molecular flexibility index (Phi) is 8.04. The predicted molar refractivity (Wildman–Crippen MR) is 149 cm³/mol. The molecule has 1 fully saturated rings. The topological polar surface area (TPSA) is 212 Å². The minimum atomic E-state index is -1.34. The number of carboxylic acids is 1. The molecule has 1 aromatic carbocycles. The lowest BCUT2D eigenvalue weighted by atomic mass is 10.0. The Labute approximate surface area is 245 Å². The van der Waals surface area contributed by atoms with Gasteiger partial charge in [-0.2, -0.15) is 0 Å². The van der Waals surface area contributed by atoms with Gasteiger partial charge < -0.3 is 25.8 Å². The Hall–Kier alpha value is -4.64. The number of β-lactam (4-membered cyclic amide) rings is 1. The first-order valence-corrected chi connectivity index (χ1v) is 14.4. The molecule has 42 heavy (non-hydrogen) atoms. The zero-order chi connectivity index (χ0) is 30.1. The third-order valence-corrected chi connectivity index (χ3v) is 9.01. The number of nitrogens with zero attached hydrogens (tertiary/aromatic N) is 5. The maximum absolute atomic E-state index is 13.5. The fourth-order valence-electron chi connectivity index (χ4n) is 4.45. The van der Waals surface area contributed by atoms with E-state index in [2.05, 4.69) is 31.1 Å². The number of aromatic amines is 1. The van der Waals surface area contributed by atoms with Crippen molar-refractivity contribution in [1.82, 2.24) is 40.7 Å². The number of pyridine rings is 1. The largest absolute Gasteiger partial charge is 0.508 e. The summed E-state index contributed by atoms with van der Waals surface area (Å²) in [4.78, 5) is 68.1. The Morgan fingerprint density at radius 3 is 2.62 bits per heavy atom. The van der Waals surface area contributed by atoms with Gasteiger partial charge >= 0.3 is 5.97 Å². The second-order valence-corrected chi connectivity index (χ2v) is 11.5. The van der Waals surface area contributed by atoms with Gasteiger partial charge in [0.1, 0.15) is 34.5 Å². The smallest absolute Gasteiger partial charge is 0.352 e. The molecule has 2 aliphatic heterocycles. The van der Waals surface area contributed by atoms with Crippen molar-refractivity contribution in [3.63, 3.8) is 0 Å². The van der Waals surface area contributed by atoms with Crippen LogP contribution in [0.1, 0.15) is 27.7 Å². The third kappa shape index (κ3) is 5.60. The van der Waals surface area contributed by atoms with Gasteiger partial charge in [0, 0.05) is 36.5 Å². The molecular weight excluding hydrogens is 588 g/mol. The van der Waals surface area contributed by atoms with E-state index >= 15 is 0 Å². The Morgan fingerprint density at radius 1 is 1.24 bits per heavy atom. The van der Waals surface area contributed by atoms with Gasteiger partial charge in [-0.15, -0.1) is 16.9 Å². The molecule has 0 saturated carbocycles. The Morgan fingerprint density at radius 2 is 1.98 bits per heavy atom. The van der Waals surface area contributed by atoms with E-state index in [1.165, 1.54) is 64.7 Å². The van der Waals surface area contributed by atoms with E-state index < -0.39 is 46.6 Å². The SMILES string of the molecule is Cc1cc(=O)c(C(=O)N[C@H](C(=O)N[C@H]2C(=O)N3C(C(=O)O)=C(CSc4nnnn4C)CS[C@H]23)c2ccc(O)cc2)c[nH]1. The number of hydrogen-bond acceptors (Lipinski definition) is 11. The molecule has 218 valence electrons. The first-order valence-electron chi connectivity index (χ1n) is 12.4. The summed E-state index contributed by atoms with van der Waals surface area (Å²) in [7, 11) is 1.65. The van der Waals surface area contributed by atoms with Crippen LogP contribution in [0.25, 0.3) is 0 Å². The van der Waals surface area contributed by atoms with Gasteiger partial charge in [0.15, 0.2) is 5.43 Å². The van der Waals surface area contributed by atoms with Crippen LogP contribution in [-0.2, 0) is 21.4 Å². The number of tetrazole rings is 1. The minimum absolute atomic E-state index is 0.0694. The number of thioether (sulfide) groups is 2. The average Bonchev–Trinajstić information content (AvgIpc) is 3.37. The zero-order valence-electron chi connectivity index (χ0n) is 22.1. The third-order valence-electron chi connectivity index (χ3n) is 6.57. The summed E-state index contributed by atoms with van der Waals surface area (Å²) >= 11 is 2.52. The number of hydrogen-bond donors (Lipinski definition) is 5. The van der Waals surface area contributed by atoms with Crippen LogP contribution in [-0.4, -0.2) is 86.9 Å². The molecule has 3 aromatic rings. The molecule has 4 heterocycles. The monoisotopic (exact) mass is 612 g/mol. The summed E-state index contributed by atoms with van der Waals surface area (Å²) in [5.41, 5.74) is 0.417. The van der Waals surface area contributed by atoms with E-state index in [1.54, 1.807) is 14.0 Å². The minimum Gasteiger partial charge on any atom is -0.508 e. The first-order chi connectivity index (χ1) is 20.0. The molecule has 5 N–H and O–H groups in total. The summed E-state index contributed by atoms with van der Waals surface area (Å²) < 4.78 is 1.45. The van der Waals surface area contributed by atoms with Crippen LogP contribution in [0, 0.1) is 6.92 Å². The highest BCUT2D eigenvalue weighted by Crippen LogP contribution is 2.41. The van der Waals surface area contributed by atoms with E-state index in [9.17, 15) is 34.2 Å². The van der Waals surface area contributed by atoms with Gasteiger partial charge in [-0.1, -0.05) is 23.9 Å². The zero-order valence-corrected chi connectivity index (χ0v) is 23.7. The predicted octanol–water partition coefficient (Wildman–Crippen LogP) is -0.0856. The molecule has 3 amide bonds. The number of fused-ring (bicyclic) bond motifs is 1. The first kappa shape index (κ1) is 28.9. The molecule has 15 nitrogen and oxygen atoms in total. The van der Waals surface area contributed by atoms with Crippen molar-refractivity contribution in [2.75, 3.05) is 11.5 Å². The summed E-state index contributed by atoms with van der Waals surface area (Å²) in [5.74, 6) is -3.02. The van der Waals surface area contributed by atoms with E-state index in [0.717, 1.165) is 4.90 Å². The quantitative estimate of drug-likeness (QED) is 0.159. The number of nitrogens with one attached hydrogen (secondary N) is 3. The molecule has 5 rings (SSSR count). The number of carboxylic acid groups (broad SMARTS) is 1. The van der Waals surface area contributed by atoms with Crippen molar-refractivity contribution in [3.8, 4) is 5.75 Å². The lowest BCUT2D eigenvalue weighted by Gasteiger charge is -2.49. The van der Waals surface area contributed by atoms with Crippen molar-refractivity contribution in [2.45, 2.75) is 29.5 Å². The van der Waals surface area contributed by atoms with Crippen molar-refractivity contribution < 1.29 is 29.4 Å². The fraction of sp³-hybridized carbons (Fsp3) is 0.280. The van der Waals surface area contributed by atoms with Crippen LogP contribution < -0.4 is 16.1 Å². The molecule has 2 aliphatic rings. The highest BCUT2D eigenvalue weighted by atomic mass is 32.2. The second-order valence-electron chi connectivity index (χ2n) is 9.42. The molecular formula is C25H24N8O7S2. The average molecular weight is 613 g/mol. The lowest BCUT2D eigenvalue weighted by molar-refractivity contribution is -0.151. The Balaban J connectivity index is 1.34. The van der Waals surface area contributed by atoms with Gasteiger partial charge in [-0.05, 0) is 40.6 Å². The number of aromatic hydroxyl groups is 1.